The van der Waals surface area contributed by atoms with Crippen molar-refractivity contribution in [2.45, 2.75) is 98.3 Å². The number of carboxylic acid groups (broad SMARTS) is 2. The molecule has 2 N–H and O–H groups in total. The van der Waals surface area contributed by atoms with E-state index in [-0.39, 0.29) is 19.5 Å². The van der Waals surface area contributed by atoms with E-state index in [2.05, 4.69) is 27.7 Å². The van der Waals surface area contributed by atoms with Crippen LogP contribution in [0.1, 0.15) is 98.3 Å². The van der Waals surface area contributed by atoms with Gasteiger partial charge in [-0.1, -0.05) is 72.6 Å². The molecule has 0 unspecified atom stereocenters. The second kappa shape index (κ2) is 20.6. The van der Waals surface area contributed by atoms with Crippen LogP contribution in [-0.2, 0) is 29.1 Å². The first-order chi connectivity index (χ1) is 10.8. The molecule has 0 aliphatic rings. The molecule has 0 spiro atoms. The Kier molecular flexibility index (Phi) is 24.4. The molecule has 0 rings (SSSR count). The molecular formula is C19H38O4Zn. The van der Waals surface area contributed by atoms with Crippen molar-refractivity contribution in [1.29, 1.82) is 0 Å². The summed E-state index contributed by atoms with van der Waals surface area (Å²) in [6.45, 7) is 8.82. The Morgan fingerprint density at radius 1 is 0.625 bits per heavy atom. The van der Waals surface area contributed by atoms with Crippen LogP contribution in [0.4, 0.5) is 0 Å². The van der Waals surface area contributed by atoms with Crippen LogP contribution < -0.4 is 0 Å². The van der Waals surface area contributed by atoms with Gasteiger partial charge in [-0.3, -0.25) is 9.59 Å². The van der Waals surface area contributed by atoms with E-state index in [1.165, 1.54) is 32.1 Å². The van der Waals surface area contributed by atoms with E-state index in [0.717, 1.165) is 37.5 Å². The minimum atomic E-state index is -0.672. The van der Waals surface area contributed by atoms with Gasteiger partial charge in [0.1, 0.15) is 0 Å². The molecule has 0 aliphatic heterocycles. The van der Waals surface area contributed by atoms with Gasteiger partial charge in [-0.15, -0.1) is 0 Å². The maximum absolute atomic E-state index is 10.1. The molecule has 0 saturated carbocycles. The molecule has 24 heavy (non-hydrogen) atoms. The first-order valence-corrected chi connectivity index (χ1v) is 9.19. The number of carbonyl (C=O) groups is 2. The van der Waals surface area contributed by atoms with Gasteiger partial charge in [0.2, 0.25) is 0 Å². The van der Waals surface area contributed by atoms with Gasteiger partial charge >= 0.3 is 11.9 Å². The van der Waals surface area contributed by atoms with Gasteiger partial charge in [-0.2, -0.15) is 0 Å². The van der Waals surface area contributed by atoms with E-state index >= 15 is 0 Å². The average Bonchev–Trinajstić information content (AvgIpc) is 2.41. The molecular weight excluding hydrogens is 358 g/mol. The third kappa shape index (κ3) is 33.2. The van der Waals surface area contributed by atoms with E-state index in [1.54, 1.807) is 0 Å². The van der Waals surface area contributed by atoms with E-state index in [9.17, 15) is 9.59 Å². The summed E-state index contributed by atoms with van der Waals surface area (Å²) in [5.41, 5.74) is 0. The fourth-order valence-electron chi connectivity index (χ4n) is 2.19. The standard InChI is InChI=1S/C10H20O2.C9H18O2.Zn/c1-9(2)7-5-3-4-6-8-10(11)12;1-8(2)6-4-3-5-7-9(10)11;/h9H,3-8H2,1-2H3,(H,11,12);8H,3-7H2,1-2H3,(H,10,11);. The van der Waals surface area contributed by atoms with Gasteiger partial charge in [-0.05, 0) is 24.7 Å². The summed E-state index contributed by atoms with van der Waals surface area (Å²) in [5.74, 6) is 0.192. The normalized spacial score (nSPS) is 10.1. The zero-order valence-corrected chi connectivity index (χ0v) is 19.3. The van der Waals surface area contributed by atoms with Crippen LogP contribution in [0.2, 0.25) is 0 Å². The van der Waals surface area contributed by atoms with E-state index in [1.807, 2.05) is 0 Å². The molecule has 5 heteroatoms. The number of rotatable bonds is 13. The van der Waals surface area contributed by atoms with E-state index in [4.69, 9.17) is 10.2 Å². The van der Waals surface area contributed by atoms with Crippen LogP contribution in [0.3, 0.4) is 0 Å². The number of hydrogen-bond acceptors (Lipinski definition) is 2. The van der Waals surface area contributed by atoms with Crippen molar-refractivity contribution in [2.75, 3.05) is 0 Å². The molecule has 0 saturated heterocycles. The van der Waals surface area contributed by atoms with Gasteiger partial charge in [0.05, 0.1) is 0 Å². The summed E-state index contributed by atoms with van der Waals surface area (Å²) >= 11 is 0. The van der Waals surface area contributed by atoms with E-state index in [0.29, 0.717) is 12.8 Å². The number of aliphatic carboxylic acids is 2. The van der Waals surface area contributed by atoms with Gasteiger partial charge < -0.3 is 10.2 Å². The van der Waals surface area contributed by atoms with Crippen molar-refractivity contribution >= 4 is 11.9 Å². The second-order valence-electron chi connectivity index (χ2n) is 7.13. The van der Waals surface area contributed by atoms with Crippen LogP contribution in [0.25, 0.3) is 0 Å². The molecule has 0 fully saturated rings. The smallest absolute Gasteiger partial charge is 0.303 e. The van der Waals surface area contributed by atoms with Crippen LogP contribution in [0, 0.1) is 11.8 Å². The van der Waals surface area contributed by atoms with Crippen LogP contribution in [0.5, 0.6) is 0 Å². The summed E-state index contributed by atoms with van der Waals surface area (Å²) in [6, 6.07) is 0. The van der Waals surface area contributed by atoms with Crippen molar-refractivity contribution in [1.82, 2.24) is 0 Å². The Morgan fingerprint density at radius 3 is 1.21 bits per heavy atom. The Morgan fingerprint density at radius 2 is 0.917 bits per heavy atom. The molecule has 140 valence electrons. The maximum atomic E-state index is 10.1. The fraction of sp³-hybridized carbons (Fsp3) is 0.895. The summed E-state index contributed by atoms with van der Waals surface area (Å²) in [4.78, 5) is 20.2. The molecule has 4 nitrogen and oxygen atoms in total. The number of unbranched alkanes of at least 4 members (excludes halogenated alkanes) is 5. The molecule has 0 aromatic carbocycles. The minimum absolute atomic E-state index is 0. The van der Waals surface area contributed by atoms with E-state index < -0.39 is 11.9 Å². The van der Waals surface area contributed by atoms with Crippen molar-refractivity contribution in [3.63, 3.8) is 0 Å². The minimum Gasteiger partial charge on any atom is -0.481 e. The van der Waals surface area contributed by atoms with Gasteiger partial charge in [0.15, 0.2) is 0 Å². The number of carboxylic acids is 2. The first kappa shape index (κ1) is 28.4. The van der Waals surface area contributed by atoms with Crippen molar-refractivity contribution in [3.05, 3.63) is 0 Å². The van der Waals surface area contributed by atoms with Crippen molar-refractivity contribution in [2.24, 2.45) is 11.8 Å². The summed E-state index contributed by atoms with van der Waals surface area (Å²) in [5, 5.41) is 16.7. The van der Waals surface area contributed by atoms with Crippen LogP contribution >= 0.6 is 0 Å². The first-order valence-electron chi connectivity index (χ1n) is 9.19. The molecule has 0 bridgehead atoms. The maximum Gasteiger partial charge on any atom is 0.303 e. The van der Waals surface area contributed by atoms with Crippen molar-refractivity contribution < 1.29 is 39.3 Å². The molecule has 0 amide bonds. The third-order valence-corrected chi connectivity index (χ3v) is 3.59. The van der Waals surface area contributed by atoms with Crippen molar-refractivity contribution in [3.8, 4) is 0 Å². The Balaban J connectivity index is -0.000000354. The molecule has 0 radical (unpaired) electrons. The fourth-order valence-corrected chi connectivity index (χ4v) is 2.19. The Labute approximate surface area is 161 Å². The predicted octanol–water partition coefficient (Wildman–Crippen LogP) is 5.74. The summed E-state index contributed by atoms with van der Waals surface area (Å²) in [7, 11) is 0. The topological polar surface area (TPSA) is 74.6 Å². The second-order valence-corrected chi connectivity index (χ2v) is 7.13. The summed E-state index contributed by atoms with van der Waals surface area (Å²) in [6.07, 6.45) is 10.6. The predicted molar refractivity (Wildman–Crippen MR) is 95.7 cm³/mol. The Hall–Kier alpha value is -0.437. The molecule has 0 atom stereocenters. The van der Waals surface area contributed by atoms with Crippen LogP contribution in [-0.4, -0.2) is 22.2 Å². The Bertz CT molecular complexity index is 291. The molecule has 0 aromatic heterocycles. The summed E-state index contributed by atoms with van der Waals surface area (Å²) < 4.78 is 0. The third-order valence-electron chi connectivity index (χ3n) is 3.59. The molecule has 0 aromatic rings. The quantitative estimate of drug-likeness (QED) is 0.308. The van der Waals surface area contributed by atoms with Gasteiger partial charge in [0, 0.05) is 32.3 Å². The molecule has 0 heterocycles. The van der Waals surface area contributed by atoms with Gasteiger partial charge in [-0.25, -0.2) is 0 Å². The average molecular weight is 396 g/mol. The molecule has 0 aliphatic carbocycles. The zero-order valence-electron chi connectivity index (χ0n) is 16.4. The van der Waals surface area contributed by atoms with Crippen LogP contribution in [0.15, 0.2) is 0 Å². The largest absolute Gasteiger partial charge is 0.481 e. The monoisotopic (exact) mass is 394 g/mol. The SMILES string of the molecule is CC(C)CCCCCC(=O)O.CC(C)CCCCCCC(=O)O.[Zn]. The number of hydrogen-bond donors (Lipinski definition) is 2. The van der Waals surface area contributed by atoms with Gasteiger partial charge in [0.25, 0.3) is 0 Å². The zero-order chi connectivity index (χ0) is 18.1.